The number of ketones is 1. The molecule has 3 saturated carbocycles. The van der Waals surface area contributed by atoms with Crippen LogP contribution in [0.2, 0.25) is 0 Å². The molecule has 5 unspecified atom stereocenters. The highest BCUT2D eigenvalue weighted by Gasteiger charge is 2.58. The Kier molecular flexibility index (Phi) is 10.4. The van der Waals surface area contributed by atoms with Crippen LogP contribution in [0.25, 0.3) is 0 Å². The van der Waals surface area contributed by atoms with Gasteiger partial charge in [0.2, 0.25) is 23.5 Å². The minimum Gasteiger partial charge on any atom is -0.347 e. The van der Waals surface area contributed by atoms with Crippen molar-refractivity contribution >= 4 is 35.3 Å². The number of carbonyl (C=O) groups is 6. The third-order valence-electron chi connectivity index (χ3n) is 11.4. The lowest BCUT2D eigenvalue weighted by Gasteiger charge is -2.50. The first-order chi connectivity index (χ1) is 23.2. The summed E-state index contributed by atoms with van der Waals surface area (Å²) in [6, 6.07) is -3.60. The van der Waals surface area contributed by atoms with E-state index in [9.17, 15) is 28.8 Å². The van der Waals surface area contributed by atoms with Crippen LogP contribution in [0.4, 0.5) is 0 Å². The molecule has 5 amide bonds. The van der Waals surface area contributed by atoms with Gasteiger partial charge in [0.25, 0.3) is 11.8 Å². The molecule has 0 aromatic carbocycles. The number of hydrogen-bond acceptors (Lipinski definition) is 8. The molecule has 2 aliphatic heterocycles. The molecule has 5 fully saturated rings. The van der Waals surface area contributed by atoms with E-state index in [2.05, 4.69) is 31.2 Å². The van der Waals surface area contributed by atoms with Gasteiger partial charge < -0.3 is 26.2 Å². The molecule has 8 atom stereocenters. The standard InChI is InChI=1S/C35H49N7O6/c1-3-8-24(30(43)34(47)38-22-13-14-22)39-32(45)26-17-21-11-7-12-23-19(2)27(35(48)42(26)29(21)23)40-33(46)28(20-9-5-4-6-10-20)41-31(44)25-18-36-15-16-37-25/h15-16,18-24,26-29H,3-14,17H2,1-2H3,(H,38,47)(H,39,45)(H,40,46)(H,41,44)/t19?,21-,23?,24?,26?,27-,28?,29+/m0/s1. The smallest absolute Gasteiger partial charge is 0.289 e. The van der Waals surface area contributed by atoms with Crippen molar-refractivity contribution in [3.05, 3.63) is 24.3 Å². The van der Waals surface area contributed by atoms with Gasteiger partial charge in [-0.15, -0.1) is 0 Å². The Hall–Kier alpha value is -3.90. The van der Waals surface area contributed by atoms with E-state index in [-0.39, 0.29) is 47.4 Å². The van der Waals surface area contributed by atoms with Crippen LogP contribution in [0.1, 0.15) is 108 Å². The van der Waals surface area contributed by atoms with Gasteiger partial charge in [-0.3, -0.25) is 33.8 Å². The lowest BCUT2D eigenvalue weighted by molar-refractivity contribution is -0.154. The largest absolute Gasteiger partial charge is 0.347 e. The summed E-state index contributed by atoms with van der Waals surface area (Å²) in [6.07, 6.45) is 14.6. The number of nitrogens with one attached hydrogen (secondary N) is 4. The van der Waals surface area contributed by atoms with Crippen LogP contribution in [0.15, 0.2) is 18.6 Å². The van der Waals surface area contributed by atoms with Crippen LogP contribution < -0.4 is 21.3 Å². The average molecular weight is 664 g/mol. The van der Waals surface area contributed by atoms with Crippen molar-refractivity contribution in [3.8, 4) is 0 Å². The fraction of sp³-hybridized carbons (Fsp3) is 0.714. The Morgan fingerprint density at radius 1 is 0.938 bits per heavy atom. The van der Waals surface area contributed by atoms with Crippen LogP contribution in [0.3, 0.4) is 0 Å². The highest BCUT2D eigenvalue weighted by Crippen LogP contribution is 2.49. The fourth-order valence-corrected chi connectivity index (χ4v) is 8.75. The van der Waals surface area contributed by atoms with Gasteiger partial charge in [-0.2, -0.15) is 0 Å². The summed E-state index contributed by atoms with van der Waals surface area (Å²) in [7, 11) is 0. The van der Waals surface area contributed by atoms with Gasteiger partial charge in [0, 0.05) is 24.5 Å². The number of amides is 5. The minimum absolute atomic E-state index is 0.0208. The third kappa shape index (κ3) is 7.10. The number of nitrogens with zero attached hydrogens (tertiary/aromatic N) is 3. The van der Waals surface area contributed by atoms with E-state index in [1.807, 2.05) is 13.8 Å². The quantitative estimate of drug-likeness (QED) is 0.245. The summed E-state index contributed by atoms with van der Waals surface area (Å²) in [6.45, 7) is 3.89. The molecule has 5 aliphatic rings. The highest BCUT2D eigenvalue weighted by atomic mass is 16.2. The van der Waals surface area contributed by atoms with E-state index in [0.717, 1.165) is 64.2 Å². The normalized spacial score (nSPS) is 29.6. The van der Waals surface area contributed by atoms with Gasteiger partial charge in [-0.25, -0.2) is 4.98 Å². The first-order valence-electron chi connectivity index (χ1n) is 18.0. The molecule has 48 heavy (non-hydrogen) atoms. The average Bonchev–Trinajstić information content (AvgIpc) is 3.83. The van der Waals surface area contributed by atoms with Crippen molar-refractivity contribution in [2.24, 2.45) is 23.7 Å². The Labute approximate surface area is 281 Å². The molecule has 1 aromatic rings. The second-order valence-electron chi connectivity index (χ2n) is 14.6. The van der Waals surface area contributed by atoms with Crippen LogP contribution in [-0.4, -0.2) is 86.4 Å². The molecule has 0 bridgehead atoms. The van der Waals surface area contributed by atoms with Gasteiger partial charge in [-0.05, 0) is 75.0 Å². The number of carbonyl (C=O) groups excluding carboxylic acids is 6. The summed E-state index contributed by atoms with van der Waals surface area (Å²) in [5.74, 6) is -3.02. The van der Waals surface area contributed by atoms with Crippen molar-refractivity contribution in [3.63, 3.8) is 0 Å². The molecular weight excluding hydrogens is 614 g/mol. The molecule has 6 rings (SSSR count). The molecule has 0 radical (unpaired) electrons. The first kappa shape index (κ1) is 34.0. The monoisotopic (exact) mass is 663 g/mol. The van der Waals surface area contributed by atoms with Gasteiger partial charge in [-0.1, -0.05) is 46.0 Å². The molecule has 260 valence electrons. The zero-order chi connectivity index (χ0) is 33.9. The topological polar surface area (TPSA) is 180 Å². The summed E-state index contributed by atoms with van der Waals surface area (Å²) in [5.41, 5.74) is 0.111. The molecular formula is C35H49N7O6. The fourth-order valence-electron chi connectivity index (χ4n) is 8.75. The maximum Gasteiger partial charge on any atom is 0.289 e. The maximum atomic E-state index is 14.4. The van der Waals surface area contributed by atoms with E-state index in [4.69, 9.17) is 0 Å². The van der Waals surface area contributed by atoms with E-state index < -0.39 is 53.6 Å². The van der Waals surface area contributed by atoms with Crippen LogP contribution >= 0.6 is 0 Å². The van der Waals surface area contributed by atoms with Gasteiger partial charge in [0.05, 0.1) is 12.2 Å². The zero-order valence-electron chi connectivity index (χ0n) is 28.0. The Morgan fingerprint density at radius 3 is 2.40 bits per heavy atom. The minimum atomic E-state index is -0.969. The SMILES string of the molecule is CCCC(NC(=O)C1C[C@@H]2CCCC3C(C)[C@H](NC(=O)C(NC(=O)c4cnccn4)C4CCCCC4)C(=O)N1[C@@H]32)C(=O)C(=O)NC1CC1. The Morgan fingerprint density at radius 2 is 1.71 bits per heavy atom. The van der Waals surface area contributed by atoms with E-state index >= 15 is 0 Å². The molecule has 2 saturated heterocycles. The molecule has 1 aromatic heterocycles. The number of piperidine rings is 1. The van der Waals surface area contributed by atoms with Crippen LogP contribution in [0, 0.1) is 23.7 Å². The Balaban J connectivity index is 1.20. The van der Waals surface area contributed by atoms with Crippen molar-refractivity contribution in [1.29, 1.82) is 0 Å². The Bertz CT molecular complexity index is 1400. The van der Waals surface area contributed by atoms with Crippen molar-refractivity contribution in [1.82, 2.24) is 36.1 Å². The van der Waals surface area contributed by atoms with Gasteiger partial charge >= 0.3 is 0 Å². The maximum absolute atomic E-state index is 14.4. The number of rotatable bonds is 12. The first-order valence-corrected chi connectivity index (χ1v) is 18.0. The van der Waals surface area contributed by atoms with Gasteiger partial charge in [0.1, 0.15) is 23.8 Å². The van der Waals surface area contributed by atoms with Crippen molar-refractivity contribution in [2.75, 3.05) is 0 Å². The number of Topliss-reactive ketones (excluding diaryl/α,β-unsaturated/α-hetero) is 1. The molecule has 3 aliphatic carbocycles. The lowest BCUT2D eigenvalue weighted by Crippen LogP contribution is -2.67. The van der Waals surface area contributed by atoms with Crippen molar-refractivity contribution in [2.45, 2.75) is 134 Å². The third-order valence-corrected chi connectivity index (χ3v) is 11.4. The number of aromatic nitrogens is 2. The lowest BCUT2D eigenvalue weighted by atomic mass is 9.67. The zero-order valence-corrected chi connectivity index (χ0v) is 28.0. The molecule has 13 nitrogen and oxygen atoms in total. The molecule has 4 N–H and O–H groups in total. The molecule has 0 spiro atoms. The van der Waals surface area contributed by atoms with E-state index in [0.29, 0.717) is 19.3 Å². The van der Waals surface area contributed by atoms with E-state index in [1.165, 1.54) is 18.6 Å². The predicted octanol–water partition coefficient (Wildman–Crippen LogP) is 1.81. The second kappa shape index (κ2) is 14.7. The molecule has 13 heteroatoms. The van der Waals surface area contributed by atoms with E-state index in [1.54, 1.807) is 4.90 Å². The van der Waals surface area contributed by atoms with Crippen LogP contribution in [-0.2, 0) is 24.0 Å². The van der Waals surface area contributed by atoms with Gasteiger partial charge in [0.15, 0.2) is 0 Å². The van der Waals surface area contributed by atoms with Crippen LogP contribution in [0.5, 0.6) is 0 Å². The summed E-state index contributed by atoms with van der Waals surface area (Å²) in [5, 5.41) is 11.5. The van der Waals surface area contributed by atoms with Crippen molar-refractivity contribution < 1.29 is 28.8 Å². The summed E-state index contributed by atoms with van der Waals surface area (Å²) >= 11 is 0. The number of hydrogen-bond donors (Lipinski definition) is 4. The second-order valence-corrected chi connectivity index (χ2v) is 14.6. The summed E-state index contributed by atoms with van der Waals surface area (Å²) < 4.78 is 0. The molecule has 3 heterocycles. The summed E-state index contributed by atoms with van der Waals surface area (Å²) in [4.78, 5) is 91.0. The highest BCUT2D eigenvalue weighted by molar-refractivity contribution is 6.38. The predicted molar refractivity (Wildman–Crippen MR) is 174 cm³/mol.